The normalized spacial score (nSPS) is 10.2. The van der Waals surface area contributed by atoms with Gasteiger partial charge in [-0.2, -0.15) is 0 Å². The van der Waals surface area contributed by atoms with Gasteiger partial charge in [-0.3, -0.25) is 4.79 Å². The van der Waals surface area contributed by atoms with Crippen molar-refractivity contribution in [3.63, 3.8) is 0 Å². The number of hydrogen-bond acceptors (Lipinski definition) is 4. The molecule has 4 nitrogen and oxygen atoms in total. The van der Waals surface area contributed by atoms with Crippen molar-refractivity contribution in [2.75, 3.05) is 0 Å². The Hall–Kier alpha value is -1.72. The fraction of sp³-hybridized carbons (Fsp3) is 0.167. The van der Waals surface area contributed by atoms with Crippen LogP contribution in [-0.2, 0) is 13.1 Å². The molecule has 1 amide bonds. The van der Waals surface area contributed by atoms with Crippen LogP contribution in [0.5, 0.6) is 0 Å². The minimum Gasteiger partial charge on any atom is -0.346 e. The van der Waals surface area contributed by atoms with E-state index in [2.05, 4.69) is 10.3 Å². The summed E-state index contributed by atoms with van der Waals surface area (Å²) in [4.78, 5) is 16.0. The third kappa shape index (κ3) is 3.12. The van der Waals surface area contributed by atoms with Crippen LogP contribution >= 0.6 is 11.3 Å². The summed E-state index contributed by atoms with van der Waals surface area (Å²) >= 11 is 1.51. The molecule has 0 radical (unpaired) electrons. The van der Waals surface area contributed by atoms with Crippen LogP contribution in [0.3, 0.4) is 0 Å². The van der Waals surface area contributed by atoms with Crippen molar-refractivity contribution < 1.29 is 4.79 Å². The fourth-order valence-electron chi connectivity index (χ4n) is 1.37. The lowest BCUT2D eigenvalue weighted by atomic mass is 10.2. The third-order valence-corrected chi connectivity index (χ3v) is 3.14. The summed E-state index contributed by atoms with van der Waals surface area (Å²) < 4.78 is 0. The molecule has 1 aromatic carbocycles. The Morgan fingerprint density at radius 3 is 2.76 bits per heavy atom. The summed E-state index contributed by atoms with van der Waals surface area (Å²) in [6, 6.07) is 9.12. The first-order valence-corrected chi connectivity index (χ1v) is 6.14. The molecule has 0 aliphatic carbocycles. The molecule has 2 rings (SSSR count). The number of nitrogens with one attached hydrogen (secondary N) is 1. The number of nitrogens with two attached hydrogens (primary N) is 1. The highest BCUT2D eigenvalue weighted by atomic mass is 32.1. The van der Waals surface area contributed by atoms with Crippen LogP contribution < -0.4 is 11.1 Å². The summed E-state index contributed by atoms with van der Waals surface area (Å²) in [6.45, 7) is 0.877. The van der Waals surface area contributed by atoms with E-state index >= 15 is 0 Å². The minimum atomic E-state index is -0.0879. The zero-order chi connectivity index (χ0) is 12.1. The second kappa shape index (κ2) is 5.56. The van der Waals surface area contributed by atoms with E-state index in [1.54, 1.807) is 12.1 Å². The second-order valence-electron chi connectivity index (χ2n) is 3.49. The SMILES string of the molecule is NCc1csc(CNC(=O)c2ccccc2)n1. The van der Waals surface area contributed by atoms with Gasteiger partial charge in [0.1, 0.15) is 5.01 Å². The number of benzene rings is 1. The third-order valence-electron chi connectivity index (χ3n) is 2.24. The maximum atomic E-state index is 11.7. The fourth-order valence-corrected chi connectivity index (χ4v) is 2.12. The quantitative estimate of drug-likeness (QED) is 0.861. The Morgan fingerprint density at radius 1 is 1.35 bits per heavy atom. The average Bonchev–Trinajstić information content (AvgIpc) is 2.85. The van der Waals surface area contributed by atoms with Gasteiger partial charge in [-0.15, -0.1) is 11.3 Å². The first-order chi connectivity index (χ1) is 8.29. The molecule has 0 aliphatic rings. The van der Waals surface area contributed by atoms with Crippen molar-refractivity contribution in [2.24, 2.45) is 5.73 Å². The molecule has 88 valence electrons. The number of rotatable bonds is 4. The van der Waals surface area contributed by atoms with Gasteiger partial charge in [0.15, 0.2) is 0 Å². The van der Waals surface area contributed by atoms with Crippen LogP contribution in [0.1, 0.15) is 21.1 Å². The highest BCUT2D eigenvalue weighted by Crippen LogP contribution is 2.09. The van der Waals surface area contributed by atoms with Crippen molar-refractivity contribution in [2.45, 2.75) is 13.1 Å². The highest BCUT2D eigenvalue weighted by molar-refractivity contribution is 7.09. The van der Waals surface area contributed by atoms with E-state index in [1.165, 1.54) is 11.3 Å². The average molecular weight is 247 g/mol. The maximum Gasteiger partial charge on any atom is 0.251 e. The maximum absolute atomic E-state index is 11.7. The summed E-state index contributed by atoms with van der Waals surface area (Å²) in [5, 5.41) is 5.60. The van der Waals surface area contributed by atoms with Crippen LogP contribution in [0.25, 0.3) is 0 Å². The molecule has 3 N–H and O–H groups in total. The number of hydrogen-bond donors (Lipinski definition) is 2. The van der Waals surface area contributed by atoms with Crippen molar-refractivity contribution in [1.29, 1.82) is 0 Å². The zero-order valence-corrected chi connectivity index (χ0v) is 10.0. The lowest BCUT2D eigenvalue weighted by Gasteiger charge is -2.02. The standard InChI is InChI=1S/C12H13N3OS/c13-6-10-8-17-11(15-10)7-14-12(16)9-4-2-1-3-5-9/h1-5,8H,6-7,13H2,(H,14,16). The van der Waals surface area contributed by atoms with Crippen LogP contribution in [0, 0.1) is 0 Å². The van der Waals surface area contributed by atoms with Crippen LogP contribution in [0.15, 0.2) is 35.7 Å². The lowest BCUT2D eigenvalue weighted by molar-refractivity contribution is 0.0951. The molecule has 0 unspecified atom stereocenters. The van der Waals surface area contributed by atoms with Crippen molar-refractivity contribution in [3.05, 3.63) is 52.0 Å². The first-order valence-electron chi connectivity index (χ1n) is 5.26. The van der Waals surface area contributed by atoms with Gasteiger partial charge in [0.2, 0.25) is 0 Å². The summed E-state index contributed by atoms with van der Waals surface area (Å²) in [6.07, 6.45) is 0. The van der Waals surface area contributed by atoms with Crippen molar-refractivity contribution in [1.82, 2.24) is 10.3 Å². The largest absolute Gasteiger partial charge is 0.346 e. The molecular formula is C12H13N3OS. The van der Waals surface area contributed by atoms with E-state index in [-0.39, 0.29) is 5.91 Å². The molecule has 0 bridgehead atoms. The van der Waals surface area contributed by atoms with Crippen LogP contribution in [-0.4, -0.2) is 10.9 Å². The van der Waals surface area contributed by atoms with Gasteiger partial charge in [0, 0.05) is 17.5 Å². The summed E-state index contributed by atoms with van der Waals surface area (Å²) in [7, 11) is 0. The van der Waals surface area contributed by atoms with E-state index in [4.69, 9.17) is 5.73 Å². The molecule has 0 saturated heterocycles. The molecule has 0 saturated carbocycles. The Kier molecular flexibility index (Phi) is 3.85. The first kappa shape index (κ1) is 11.8. The highest BCUT2D eigenvalue weighted by Gasteiger charge is 2.05. The van der Waals surface area contributed by atoms with E-state index in [9.17, 15) is 4.79 Å². The molecule has 0 fully saturated rings. The zero-order valence-electron chi connectivity index (χ0n) is 9.22. The van der Waals surface area contributed by atoms with Gasteiger partial charge in [-0.1, -0.05) is 18.2 Å². The van der Waals surface area contributed by atoms with Gasteiger partial charge >= 0.3 is 0 Å². The number of thiazole rings is 1. The van der Waals surface area contributed by atoms with Gasteiger partial charge in [0.25, 0.3) is 5.91 Å². The number of carbonyl (C=O) groups is 1. The van der Waals surface area contributed by atoms with E-state index < -0.39 is 0 Å². The summed E-state index contributed by atoms with van der Waals surface area (Å²) in [5.74, 6) is -0.0879. The molecule has 0 aliphatic heterocycles. The molecule has 0 atom stereocenters. The molecule has 17 heavy (non-hydrogen) atoms. The molecule has 1 aromatic heterocycles. The predicted molar refractivity (Wildman–Crippen MR) is 67.6 cm³/mol. The van der Waals surface area contributed by atoms with Gasteiger partial charge in [-0.25, -0.2) is 4.98 Å². The topological polar surface area (TPSA) is 68.0 Å². The number of carbonyl (C=O) groups excluding carboxylic acids is 1. The van der Waals surface area contributed by atoms with E-state index in [1.807, 2.05) is 23.6 Å². The van der Waals surface area contributed by atoms with Crippen LogP contribution in [0.2, 0.25) is 0 Å². The Morgan fingerprint density at radius 2 is 2.12 bits per heavy atom. The Balaban J connectivity index is 1.92. The number of aromatic nitrogens is 1. The van der Waals surface area contributed by atoms with Gasteiger partial charge in [0.05, 0.1) is 12.2 Å². The van der Waals surface area contributed by atoms with E-state index in [0.717, 1.165) is 10.7 Å². The molecule has 0 spiro atoms. The van der Waals surface area contributed by atoms with Gasteiger partial charge in [-0.05, 0) is 12.1 Å². The van der Waals surface area contributed by atoms with Crippen molar-refractivity contribution >= 4 is 17.2 Å². The predicted octanol–water partition coefficient (Wildman–Crippen LogP) is 1.53. The van der Waals surface area contributed by atoms with Crippen molar-refractivity contribution in [3.8, 4) is 0 Å². The second-order valence-corrected chi connectivity index (χ2v) is 4.43. The minimum absolute atomic E-state index is 0.0879. The Bertz CT molecular complexity index is 495. The monoisotopic (exact) mass is 247 g/mol. The smallest absolute Gasteiger partial charge is 0.251 e. The number of nitrogens with zero attached hydrogens (tertiary/aromatic N) is 1. The van der Waals surface area contributed by atoms with Crippen LogP contribution in [0.4, 0.5) is 0 Å². The molecule has 5 heteroatoms. The van der Waals surface area contributed by atoms with E-state index in [0.29, 0.717) is 18.7 Å². The molecule has 2 aromatic rings. The lowest BCUT2D eigenvalue weighted by Crippen LogP contribution is -2.22. The summed E-state index contributed by atoms with van der Waals surface area (Å²) in [5.41, 5.74) is 6.98. The molecular weight excluding hydrogens is 234 g/mol. The number of amides is 1. The molecule has 1 heterocycles. The van der Waals surface area contributed by atoms with Gasteiger partial charge < -0.3 is 11.1 Å². The Labute approximate surface area is 103 Å².